The van der Waals surface area contributed by atoms with Gasteiger partial charge in [-0.1, -0.05) is 0 Å². The Kier molecular flexibility index (Phi) is 4.63. The quantitative estimate of drug-likeness (QED) is 0.132. The molecule has 0 radical (unpaired) electrons. The van der Waals surface area contributed by atoms with Crippen LogP contribution < -0.4 is 5.32 Å². The molecule has 0 aliphatic carbocycles. The van der Waals surface area contributed by atoms with E-state index in [1.54, 1.807) is 0 Å². The highest BCUT2D eigenvalue weighted by molar-refractivity contribution is 7.72. The maximum absolute atomic E-state index is 10.8. The maximum atomic E-state index is 10.8. The molecule has 0 aliphatic heterocycles. The molecule has 0 unspecified atom stereocenters. The Labute approximate surface area is 85.0 Å². The van der Waals surface area contributed by atoms with Gasteiger partial charge in [0.1, 0.15) is 0 Å². The Hall–Kier alpha value is -0.270. The number of aliphatic hydroxyl groups is 1. The first-order chi connectivity index (χ1) is 6.56. The molecule has 7 N–H and O–H groups in total. The van der Waals surface area contributed by atoms with Crippen molar-refractivity contribution in [3.8, 4) is 0 Å². The van der Waals surface area contributed by atoms with Crippen molar-refractivity contribution in [2.45, 2.75) is 11.5 Å². The second-order valence-corrected chi connectivity index (χ2v) is 6.72. The molecule has 0 fully saturated rings. The van der Waals surface area contributed by atoms with Crippen LogP contribution in [0.2, 0.25) is 0 Å². The largest absolute Gasteiger partial charge is 0.376 e. The second kappa shape index (κ2) is 4.71. The van der Waals surface area contributed by atoms with Gasteiger partial charge in [-0.15, -0.1) is 0 Å². The van der Waals surface area contributed by atoms with Gasteiger partial charge < -0.3 is 30.0 Å². The molecule has 0 aromatic heterocycles. The highest BCUT2D eigenvalue weighted by Crippen LogP contribution is 2.68. The van der Waals surface area contributed by atoms with Crippen molar-refractivity contribution in [3.63, 3.8) is 0 Å². The van der Waals surface area contributed by atoms with E-state index in [-0.39, 0.29) is 6.54 Å². The van der Waals surface area contributed by atoms with Crippen LogP contribution in [0.15, 0.2) is 0 Å². The molecule has 0 aliphatic rings. The average Bonchev–Trinajstić information content (AvgIpc) is 2.00. The molecule has 0 aromatic carbocycles. The monoisotopic (exact) mass is 262 g/mol. The summed E-state index contributed by atoms with van der Waals surface area (Å²) in [7, 11) is -10.7. The molecule has 0 saturated heterocycles. The van der Waals surface area contributed by atoms with E-state index in [2.05, 4.69) is 5.32 Å². The van der Waals surface area contributed by atoms with Gasteiger partial charge >= 0.3 is 15.2 Å². The van der Waals surface area contributed by atoms with Crippen molar-refractivity contribution in [1.82, 2.24) is 5.32 Å². The summed E-state index contributed by atoms with van der Waals surface area (Å²) in [6.45, 7) is -0.351. The van der Waals surface area contributed by atoms with Crippen LogP contribution in [0.1, 0.15) is 6.42 Å². The molecule has 0 heterocycles. The lowest BCUT2D eigenvalue weighted by atomic mass is 10.4. The first kappa shape index (κ1) is 14.7. The van der Waals surface area contributed by atoms with E-state index in [9.17, 15) is 14.2 Å². The van der Waals surface area contributed by atoms with Gasteiger partial charge in [0.05, 0.1) is 6.34 Å². The molecule has 11 heteroatoms. The van der Waals surface area contributed by atoms with E-state index in [0.29, 0.717) is 6.34 Å². The van der Waals surface area contributed by atoms with Gasteiger partial charge in [-0.2, -0.15) is 0 Å². The Morgan fingerprint density at radius 3 is 1.87 bits per heavy atom. The predicted molar refractivity (Wildman–Crippen MR) is 50.4 cm³/mol. The van der Waals surface area contributed by atoms with Crippen LogP contribution in [0.4, 0.5) is 0 Å². The minimum Gasteiger partial charge on any atom is -0.376 e. The van der Waals surface area contributed by atoms with Crippen molar-refractivity contribution in [1.29, 1.82) is 5.41 Å². The number of hydrogen-bond acceptors (Lipinski definition) is 4. The van der Waals surface area contributed by atoms with Gasteiger partial charge in [0, 0.05) is 13.0 Å². The lowest BCUT2D eigenvalue weighted by Gasteiger charge is -2.28. The zero-order chi connectivity index (χ0) is 12.3. The van der Waals surface area contributed by atoms with Crippen LogP contribution in [-0.4, -0.2) is 42.6 Å². The first-order valence-corrected chi connectivity index (χ1v) is 6.85. The van der Waals surface area contributed by atoms with Crippen LogP contribution in [0.3, 0.4) is 0 Å². The zero-order valence-electron chi connectivity index (χ0n) is 7.44. The Morgan fingerprint density at radius 2 is 1.60 bits per heavy atom. The van der Waals surface area contributed by atoms with E-state index in [1.165, 1.54) is 0 Å². The summed E-state index contributed by atoms with van der Waals surface area (Å²) in [6, 6.07) is 0. The molecule has 0 bridgehead atoms. The summed E-state index contributed by atoms with van der Waals surface area (Å²) in [5.41, 5.74) is 0. The molecule has 0 saturated carbocycles. The smallest absolute Gasteiger partial charge is 0.369 e. The average molecular weight is 262 g/mol. The summed E-state index contributed by atoms with van der Waals surface area (Å²) in [6.07, 6.45) is -0.212. The lowest BCUT2D eigenvalue weighted by molar-refractivity contribution is 0.124. The maximum Gasteiger partial charge on any atom is 0.369 e. The van der Waals surface area contributed by atoms with E-state index in [0.717, 1.165) is 0 Å². The molecule has 0 aromatic rings. The van der Waals surface area contributed by atoms with E-state index in [4.69, 9.17) is 25.0 Å². The second-order valence-electron chi connectivity index (χ2n) is 2.71. The van der Waals surface area contributed by atoms with Gasteiger partial charge in [-0.3, -0.25) is 14.5 Å². The third-order valence-corrected chi connectivity index (χ3v) is 5.52. The first-order valence-electron chi connectivity index (χ1n) is 3.62. The van der Waals surface area contributed by atoms with E-state index < -0.39 is 26.7 Å². The summed E-state index contributed by atoms with van der Waals surface area (Å²) >= 11 is 0. The lowest BCUT2D eigenvalue weighted by Crippen LogP contribution is -2.32. The summed E-state index contributed by atoms with van der Waals surface area (Å²) in [5.74, 6) is 0. The van der Waals surface area contributed by atoms with Crippen LogP contribution in [0.25, 0.3) is 0 Å². The van der Waals surface area contributed by atoms with Crippen LogP contribution >= 0.6 is 15.2 Å². The van der Waals surface area contributed by atoms with Gasteiger partial charge in [0.15, 0.2) is 0 Å². The summed E-state index contributed by atoms with van der Waals surface area (Å²) < 4.78 is 21.5. The molecular formula is C4H12N2O7P2. The fourth-order valence-corrected chi connectivity index (χ4v) is 2.94. The number of hydrogen-bond donors (Lipinski definition) is 7. The molecule has 0 atom stereocenters. The van der Waals surface area contributed by atoms with Crippen molar-refractivity contribution in [3.05, 3.63) is 0 Å². The molecule has 0 rings (SSSR count). The van der Waals surface area contributed by atoms with Crippen LogP contribution in [0, 0.1) is 5.41 Å². The van der Waals surface area contributed by atoms with Crippen LogP contribution in [0.5, 0.6) is 0 Å². The standard InChI is InChI=1S/C4H12N2O7P2/c5-3-6-2-1-4(7,14(8,9)10)15(11,12)13/h3,7H,1-2H2,(H2,5,6)(H2,8,9,10)(H2,11,12,13). The topological polar surface area (TPSA) is 171 Å². The van der Waals surface area contributed by atoms with Gasteiger partial charge in [-0.05, 0) is 0 Å². The highest BCUT2D eigenvalue weighted by Gasteiger charge is 2.58. The van der Waals surface area contributed by atoms with Crippen molar-refractivity contribution >= 4 is 21.5 Å². The SMILES string of the molecule is N=CNCCC(O)(P(=O)(O)O)P(=O)(O)O. The van der Waals surface area contributed by atoms with Gasteiger partial charge in [0.25, 0.3) is 5.08 Å². The highest BCUT2D eigenvalue weighted by atomic mass is 31.2. The molecule has 90 valence electrons. The van der Waals surface area contributed by atoms with Crippen molar-refractivity contribution < 1.29 is 33.8 Å². The van der Waals surface area contributed by atoms with Crippen molar-refractivity contribution in [2.24, 2.45) is 0 Å². The molecular weight excluding hydrogens is 250 g/mol. The summed E-state index contributed by atoms with van der Waals surface area (Å²) in [4.78, 5) is 34.6. The van der Waals surface area contributed by atoms with Gasteiger partial charge in [-0.25, -0.2) is 0 Å². The molecule has 0 spiro atoms. The Balaban J connectivity index is 4.98. The molecule has 9 nitrogen and oxygen atoms in total. The third-order valence-electron chi connectivity index (χ3n) is 1.64. The van der Waals surface area contributed by atoms with Crippen molar-refractivity contribution in [2.75, 3.05) is 6.54 Å². The minimum absolute atomic E-state index is 0.351. The minimum atomic E-state index is -5.37. The Bertz CT molecular complexity index is 297. The fourth-order valence-electron chi connectivity index (χ4n) is 0.773. The molecule has 0 amide bonds. The van der Waals surface area contributed by atoms with Crippen LogP contribution in [-0.2, 0) is 9.13 Å². The third kappa shape index (κ3) is 3.35. The molecule has 15 heavy (non-hydrogen) atoms. The fraction of sp³-hybridized carbons (Fsp3) is 0.750. The van der Waals surface area contributed by atoms with Gasteiger partial charge in [0.2, 0.25) is 0 Å². The predicted octanol–water partition coefficient (Wildman–Crippen LogP) is -1.43. The van der Waals surface area contributed by atoms with E-state index >= 15 is 0 Å². The Morgan fingerprint density at radius 1 is 1.20 bits per heavy atom. The normalized spacial score (nSPS) is 13.7. The summed E-state index contributed by atoms with van der Waals surface area (Å²) in [5, 5.41) is 14.5. The van der Waals surface area contributed by atoms with E-state index in [1.807, 2.05) is 0 Å². The number of nitrogens with one attached hydrogen (secondary N) is 2. The number of rotatable bonds is 6. The zero-order valence-corrected chi connectivity index (χ0v) is 9.23.